The SMILES string of the molecule is Cc1nn(C)c2nc(-c3cccs3)cc(C(=O)Nc3ccc(CCN4CCOCC4)cc3)c12. The summed E-state index contributed by atoms with van der Waals surface area (Å²) in [6.07, 6.45) is 0.984. The minimum atomic E-state index is -0.155. The van der Waals surface area contributed by atoms with E-state index in [0.717, 1.165) is 66.6 Å². The van der Waals surface area contributed by atoms with E-state index >= 15 is 0 Å². The molecule has 1 fully saturated rings. The fraction of sp³-hybridized carbons (Fsp3) is 0.320. The lowest BCUT2D eigenvalue weighted by Crippen LogP contribution is -2.37. The fourth-order valence-electron chi connectivity index (χ4n) is 4.24. The highest BCUT2D eigenvalue weighted by Crippen LogP contribution is 2.29. The van der Waals surface area contributed by atoms with Gasteiger partial charge in [-0.1, -0.05) is 18.2 Å². The fourth-order valence-corrected chi connectivity index (χ4v) is 4.93. The number of pyridine rings is 1. The number of fused-ring (bicyclic) bond motifs is 1. The maximum Gasteiger partial charge on any atom is 0.256 e. The van der Waals surface area contributed by atoms with E-state index in [-0.39, 0.29) is 5.91 Å². The first-order valence-electron chi connectivity index (χ1n) is 11.2. The van der Waals surface area contributed by atoms with Crippen LogP contribution in [0.4, 0.5) is 5.69 Å². The number of aromatic nitrogens is 3. The lowest BCUT2D eigenvalue weighted by Gasteiger charge is -2.26. The number of carbonyl (C=O) groups is 1. The van der Waals surface area contributed by atoms with Crippen LogP contribution in [-0.4, -0.2) is 58.4 Å². The summed E-state index contributed by atoms with van der Waals surface area (Å²) in [5.41, 5.74) is 4.91. The molecule has 0 aliphatic carbocycles. The molecule has 1 amide bonds. The number of ether oxygens (including phenoxy) is 1. The maximum atomic E-state index is 13.3. The Labute approximate surface area is 197 Å². The number of rotatable bonds is 6. The van der Waals surface area contributed by atoms with Crippen LogP contribution in [0.1, 0.15) is 21.6 Å². The molecular formula is C25H27N5O2S. The number of thiophene rings is 1. The quantitative estimate of drug-likeness (QED) is 0.467. The first-order valence-corrected chi connectivity index (χ1v) is 12.0. The van der Waals surface area contributed by atoms with Crippen LogP contribution in [0.3, 0.4) is 0 Å². The molecule has 0 radical (unpaired) electrons. The third-order valence-electron chi connectivity index (χ3n) is 6.02. The minimum absolute atomic E-state index is 0.155. The van der Waals surface area contributed by atoms with Gasteiger partial charge in [0.2, 0.25) is 0 Å². The van der Waals surface area contributed by atoms with Gasteiger partial charge in [0.25, 0.3) is 5.91 Å². The van der Waals surface area contributed by atoms with Gasteiger partial charge in [0.1, 0.15) is 0 Å². The van der Waals surface area contributed by atoms with Crippen molar-refractivity contribution in [2.45, 2.75) is 13.3 Å². The number of hydrogen-bond donors (Lipinski definition) is 1. The van der Waals surface area contributed by atoms with Crippen molar-refractivity contribution >= 4 is 34.0 Å². The summed E-state index contributed by atoms with van der Waals surface area (Å²) < 4.78 is 7.15. The van der Waals surface area contributed by atoms with E-state index in [0.29, 0.717) is 11.2 Å². The van der Waals surface area contributed by atoms with Crippen molar-refractivity contribution in [3.63, 3.8) is 0 Å². The number of anilines is 1. The maximum absolute atomic E-state index is 13.3. The van der Waals surface area contributed by atoms with Crippen LogP contribution in [0.2, 0.25) is 0 Å². The van der Waals surface area contributed by atoms with Crippen LogP contribution in [0, 0.1) is 6.92 Å². The Morgan fingerprint density at radius 3 is 2.70 bits per heavy atom. The summed E-state index contributed by atoms with van der Waals surface area (Å²) in [6, 6.07) is 14.0. The zero-order valence-electron chi connectivity index (χ0n) is 18.9. The highest BCUT2D eigenvalue weighted by Gasteiger charge is 2.20. The topological polar surface area (TPSA) is 72.3 Å². The molecule has 0 spiro atoms. The monoisotopic (exact) mass is 461 g/mol. The van der Waals surface area contributed by atoms with Crippen molar-refractivity contribution in [3.05, 3.63) is 64.7 Å². The van der Waals surface area contributed by atoms with Gasteiger partial charge in [-0.15, -0.1) is 11.3 Å². The molecule has 1 aliphatic heterocycles. The summed E-state index contributed by atoms with van der Waals surface area (Å²) in [5, 5.41) is 10.4. The molecule has 0 atom stereocenters. The van der Waals surface area contributed by atoms with Crippen molar-refractivity contribution in [2.75, 3.05) is 38.2 Å². The molecule has 5 rings (SSSR count). The molecule has 33 heavy (non-hydrogen) atoms. The summed E-state index contributed by atoms with van der Waals surface area (Å²) >= 11 is 1.60. The average molecular weight is 462 g/mol. The second-order valence-corrected chi connectivity index (χ2v) is 9.24. The summed E-state index contributed by atoms with van der Waals surface area (Å²) in [6.45, 7) is 6.56. The zero-order valence-corrected chi connectivity index (χ0v) is 19.7. The van der Waals surface area contributed by atoms with Crippen molar-refractivity contribution in [1.29, 1.82) is 0 Å². The lowest BCUT2D eigenvalue weighted by atomic mass is 10.1. The Morgan fingerprint density at radius 2 is 1.97 bits per heavy atom. The smallest absolute Gasteiger partial charge is 0.256 e. The predicted octanol–water partition coefficient (Wildman–Crippen LogP) is 4.13. The molecule has 7 nitrogen and oxygen atoms in total. The van der Waals surface area contributed by atoms with E-state index in [2.05, 4.69) is 27.4 Å². The second kappa shape index (κ2) is 9.43. The molecular weight excluding hydrogens is 434 g/mol. The summed E-state index contributed by atoms with van der Waals surface area (Å²) in [4.78, 5) is 21.6. The number of nitrogens with zero attached hydrogens (tertiary/aromatic N) is 4. The van der Waals surface area contributed by atoms with Crippen molar-refractivity contribution < 1.29 is 9.53 Å². The minimum Gasteiger partial charge on any atom is -0.379 e. The molecule has 1 aliphatic rings. The van der Waals surface area contributed by atoms with Crippen LogP contribution in [0.5, 0.6) is 0 Å². The van der Waals surface area contributed by atoms with Crippen LogP contribution >= 0.6 is 11.3 Å². The largest absolute Gasteiger partial charge is 0.379 e. The number of benzene rings is 1. The molecule has 0 saturated carbocycles. The predicted molar refractivity (Wildman–Crippen MR) is 132 cm³/mol. The van der Waals surface area contributed by atoms with Gasteiger partial charge in [0, 0.05) is 32.4 Å². The summed E-state index contributed by atoms with van der Waals surface area (Å²) in [5.74, 6) is -0.155. The molecule has 8 heteroatoms. The summed E-state index contributed by atoms with van der Waals surface area (Å²) in [7, 11) is 1.86. The first kappa shape index (κ1) is 21.8. The number of aryl methyl sites for hydroxylation is 2. The number of morpholine rings is 1. The van der Waals surface area contributed by atoms with Gasteiger partial charge in [-0.3, -0.25) is 14.4 Å². The molecule has 0 unspecified atom stereocenters. The molecule has 1 N–H and O–H groups in total. The van der Waals surface area contributed by atoms with E-state index in [1.807, 2.05) is 49.7 Å². The van der Waals surface area contributed by atoms with Gasteiger partial charge >= 0.3 is 0 Å². The average Bonchev–Trinajstić information content (AvgIpc) is 3.47. The Kier molecular flexibility index (Phi) is 6.22. The molecule has 4 heterocycles. The number of carbonyl (C=O) groups excluding carboxylic acids is 1. The Balaban J connectivity index is 1.35. The molecule has 0 bridgehead atoms. The normalized spacial score (nSPS) is 14.6. The third kappa shape index (κ3) is 4.68. The van der Waals surface area contributed by atoms with Crippen LogP contribution in [0.15, 0.2) is 47.8 Å². The van der Waals surface area contributed by atoms with E-state index in [1.165, 1.54) is 5.56 Å². The number of hydrogen-bond acceptors (Lipinski definition) is 6. The number of nitrogens with one attached hydrogen (secondary N) is 1. The van der Waals surface area contributed by atoms with Gasteiger partial charge in [0.15, 0.2) is 5.65 Å². The molecule has 4 aromatic rings. The standard InChI is InChI=1S/C25H27N5O2S/c1-17-23-20(16-21(22-4-3-15-33-22)27-24(23)29(2)28-17)25(31)26-19-7-5-18(6-8-19)9-10-30-11-13-32-14-12-30/h3-8,15-16H,9-14H2,1-2H3,(H,26,31). The highest BCUT2D eigenvalue weighted by molar-refractivity contribution is 7.13. The van der Waals surface area contributed by atoms with Crippen molar-refractivity contribution in [1.82, 2.24) is 19.7 Å². The van der Waals surface area contributed by atoms with Crippen molar-refractivity contribution in [3.8, 4) is 10.6 Å². The van der Waals surface area contributed by atoms with Gasteiger partial charge in [-0.2, -0.15) is 5.10 Å². The van der Waals surface area contributed by atoms with Gasteiger partial charge in [0.05, 0.1) is 40.4 Å². The Hall–Kier alpha value is -3.07. The first-order chi connectivity index (χ1) is 16.1. The van der Waals surface area contributed by atoms with Gasteiger partial charge in [-0.05, 0) is 48.6 Å². The number of amides is 1. The van der Waals surface area contributed by atoms with Crippen molar-refractivity contribution in [2.24, 2.45) is 7.05 Å². The molecule has 3 aromatic heterocycles. The third-order valence-corrected chi connectivity index (χ3v) is 6.91. The van der Waals surface area contributed by atoms with E-state index in [9.17, 15) is 4.79 Å². The molecule has 1 aromatic carbocycles. The Bertz CT molecular complexity index is 1260. The van der Waals surface area contributed by atoms with Crippen LogP contribution < -0.4 is 5.32 Å². The van der Waals surface area contributed by atoms with Crippen LogP contribution in [-0.2, 0) is 18.2 Å². The highest BCUT2D eigenvalue weighted by atomic mass is 32.1. The van der Waals surface area contributed by atoms with Crippen LogP contribution in [0.25, 0.3) is 21.6 Å². The van der Waals surface area contributed by atoms with E-state index in [1.54, 1.807) is 16.0 Å². The van der Waals surface area contributed by atoms with Gasteiger partial charge < -0.3 is 10.1 Å². The van der Waals surface area contributed by atoms with E-state index in [4.69, 9.17) is 9.72 Å². The lowest BCUT2D eigenvalue weighted by molar-refractivity contribution is 0.0384. The Morgan fingerprint density at radius 1 is 1.18 bits per heavy atom. The molecule has 170 valence electrons. The molecule has 1 saturated heterocycles. The second-order valence-electron chi connectivity index (χ2n) is 8.30. The zero-order chi connectivity index (χ0) is 22.8. The van der Waals surface area contributed by atoms with E-state index < -0.39 is 0 Å². The van der Waals surface area contributed by atoms with Gasteiger partial charge in [-0.25, -0.2) is 4.98 Å².